The number of pyridine rings is 1. The Hall–Kier alpha value is -0.910. The molecule has 0 radical (unpaired) electrons. The molecule has 1 rings (SSSR count). The van der Waals surface area contributed by atoms with Crippen LogP contribution >= 0.6 is 0 Å². The molecule has 0 saturated carbocycles. The molecule has 0 aliphatic rings. The van der Waals surface area contributed by atoms with Gasteiger partial charge >= 0.3 is 28.5 Å². The predicted molar refractivity (Wildman–Crippen MR) is 63.5 cm³/mol. The number of hydrogen-bond acceptors (Lipinski definition) is 9. The molecule has 0 aliphatic heterocycles. The average Bonchev–Trinajstić information content (AvgIpc) is 2.26. The van der Waals surface area contributed by atoms with Gasteiger partial charge < -0.3 is 40.2 Å². The van der Waals surface area contributed by atoms with Crippen LogP contribution < -0.4 is 22.0 Å². The molecule has 1 aromatic heterocycles. The first kappa shape index (κ1) is 15.1. The molecule has 0 fully saturated rings. The number of aromatic nitrogens is 1. The molecule has 0 aliphatic carbocycles. The van der Waals surface area contributed by atoms with Crippen LogP contribution in [0.5, 0.6) is 0 Å². The lowest BCUT2D eigenvalue weighted by Gasteiger charge is -2.16. The summed E-state index contributed by atoms with van der Waals surface area (Å²) >= 11 is 0. The Morgan fingerprint density at radius 2 is 1.17 bits per heavy atom. The first-order valence-corrected chi connectivity index (χ1v) is 4.74. The maximum Gasteiger partial charge on any atom is 0.507 e. The van der Waals surface area contributed by atoms with Gasteiger partial charge in [0.2, 0.25) is 0 Å². The van der Waals surface area contributed by atoms with E-state index in [1.807, 2.05) is 0 Å². The van der Waals surface area contributed by atoms with Gasteiger partial charge in [0.25, 0.3) is 0 Å². The normalized spacial score (nSPS) is 10.2. The third-order valence-electron chi connectivity index (χ3n) is 2.26. The highest BCUT2D eigenvalue weighted by Crippen LogP contribution is 1.82. The highest BCUT2D eigenvalue weighted by Gasteiger charge is 2.36. The van der Waals surface area contributed by atoms with E-state index < -0.39 is 50.5 Å². The molecule has 13 heteroatoms. The van der Waals surface area contributed by atoms with Crippen LogP contribution in [-0.4, -0.2) is 73.6 Å². The smallest absolute Gasteiger partial charge is 0.423 e. The Labute approximate surface area is 103 Å². The summed E-state index contributed by atoms with van der Waals surface area (Å²) < 4.78 is 0. The molecule has 0 aromatic carbocycles. The third-order valence-corrected chi connectivity index (χ3v) is 2.26. The quantitative estimate of drug-likeness (QED) is 0.242. The van der Waals surface area contributed by atoms with Crippen molar-refractivity contribution in [1.29, 1.82) is 0 Å². The van der Waals surface area contributed by atoms with Crippen molar-refractivity contribution in [1.82, 2.24) is 4.98 Å². The zero-order chi connectivity index (χ0) is 14.0. The van der Waals surface area contributed by atoms with Gasteiger partial charge in [-0.1, -0.05) is 0 Å². The fourth-order valence-electron chi connectivity index (χ4n) is 1.54. The molecule has 9 nitrogen and oxygen atoms in total. The first-order valence-electron chi connectivity index (χ1n) is 4.74. The minimum atomic E-state index is -2.32. The lowest BCUT2D eigenvalue weighted by atomic mass is 9.55. The van der Waals surface area contributed by atoms with Gasteiger partial charge in [-0.25, -0.2) is 0 Å². The van der Waals surface area contributed by atoms with E-state index >= 15 is 0 Å². The van der Waals surface area contributed by atoms with E-state index in [9.17, 15) is 0 Å². The van der Waals surface area contributed by atoms with Crippen molar-refractivity contribution in [3.63, 3.8) is 0 Å². The van der Waals surface area contributed by atoms with Crippen molar-refractivity contribution < 1.29 is 40.2 Å². The highest BCUT2D eigenvalue weighted by molar-refractivity contribution is 6.82. The van der Waals surface area contributed by atoms with Gasteiger partial charge in [0.05, 0.1) is 5.59 Å². The van der Waals surface area contributed by atoms with Crippen LogP contribution in [0, 0.1) is 0 Å². The molecule has 1 aromatic rings. The molecular formula is C5H9B4NO8. The molecule has 18 heavy (non-hydrogen) atoms. The van der Waals surface area contributed by atoms with E-state index in [1.165, 1.54) is 0 Å². The fourth-order valence-corrected chi connectivity index (χ4v) is 1.54. The SMILES string of the molecule is OB(O)c1cnc(B(O)O)c(B(O)O)c1B(O)O. The van der Waals surface area contributed by atoms with Crippen LogP contribution in [0.3, 0.4) is 0 Å². The second-order valence-corrected chi connectivity index (χ2v) is 3.42. The summed E-state index contributed by atoms with van der Waals surface area (Å²) in [6, 6.07) is 0. The van der Waals surface area contributed by atoms with Gasteiger partial charge in [0.15, 0.2) is 0 Å². The van der Waals surface area contributed by atoms with Crippen LogP contribution in [0.15, 0.2) is 6.20 Å². The van der Waals surface area contributed by atoms with E-state index in [-0.39, 0.29) is 0 Å². The minimum absolute atomic E-state index is 0.502. The topological polar surface area (TPSA) is 175 Å². The third kappa shape index (κ3) is 2.91. The molecule has 0 amide bonds. The molecule has 94 valence electrons. The van der Waals surface area contributed by atoms with E-state index in [2.05, 4.69) is 4.98 Å². The second kappa shape index (κ2) is 5.82. The zero-order valence-corrected chi connectivity index (χ0v) is 8.91. The van der Waals surface area contributed by atoms with Gasteiger partial charge in [-0.05, 0) is 16.4 Å². The highest BCUT2D eigenvalue weighted by atomic mass is 16.4. The van der Waals surface area contributed by atoms with E-state index in [0.717, 1.165) is 6.20 Å². The molecule has 0 spiro atoms. The molecule has 0 atom stereocenters. The maximum absolute atomic E-state index is 9.11. The summed E-state index contributed by atoms with van der Waals surface area (Å²) in [6.45, 7) is 0. The van der Waals surface area contributed by atoms with Gasteiger partial charge in [-0.15, -0.1) is 0 Å². The largest absolute Gasteiger partial charge is 0.507 e. The van der Waals surface area contributed by atoms with Crippen molar-refractivity contribution in [2.24, 2.45) is 0 Å². The molecule has 0 saturated heterocycles. The van der Waals surface area contributed by atoms with Crippen LogP contribution in [0.1, 0.15) is 0 Å². The lowest BCUT2D eigenvalue weighted by molar-refractivity contribution is 0.413. The Balaban J connectivity index is 3.60. The van der Waals surface area contributed by atoms with Crippen molar-refractivity contribution in [3.05, 3.63) is 6.20 Å². The summed E-state index contributed by atoms with van der Waals surface area (Å²) in [7, 11) is -8.97. The number of nitrogens with zero attached hydrogens (tertiary/aromatic N) is 1. The van der Waals surface area contributed by atoms with E-state index in [1.54, 1.807) is 0 Å². The summed E-state index contributed by atoms with van der Waals surface area (Å²) in [4.78, 5) is 3.40. The summed E-state index contributed by atoms with van der Waals surface area (Å²) in [6.07, 6.45) is 0.750. The lowest BCUT2D eigenvalue weighted by Crippen LogP contribution is -2.67. The van der Waals surface area contributed by atoms with E-state index in [4.69, 9.17) is 40.2 Å². The summed E-state index contributed by atoms with van der Waals surface area (Å²) in [5.41, 5.74) is -2.53. The number of rotatable bonds is 4. The standard InChI is InChI=1S/C5H9B4NO8/c11-6(12)2-1-10-5(9(17)18)4(8(15)16)3(2)7(13)14/h1,11-18H. The maximum atomic E-state index is 9.11. The second-order valence-electron chi connectivity index (χ2n) is 3.42. The monoisotopic (exact) mass is 255 g/mol. The summed E-state index contributed by atoms with van der Waals surface area (Å²) in [5.74, 6) is 0. The van der Waals surface area contributed by atoms with Crippen LogP contribution in [0.4, 0.5) is 0 Å². The molecule has 0 bridgehead atoms. The minimum Gasteiger partial charge on any atom is -0.423 e. The fraction of sp³-hybridized carbons (Fsp3) is 0. The van der Waals surface area contributed by atoms with Crippen molar-refractivity contribution in [2.75, 3.05) is 0 Å². The Kier molecular flexibility index (Phi) is 4.90. The van der Waals surface area contributed by atoms with Gasteiger partial charge in [-0.3, -0.25) is 4.98 Å². The van der Waals surface area contributed by atoms with Crippen molar-refractivity contribution in [3.8, 4) is 0 Å². The van der Waals surface area contributed by atoms with Gasteiger partial charge in [0.1, 0.15) is 0 Å². The Morgan fingerprint density at radius 3 is 1.50 bits per heavy atom. The van der Waals surface area contributed by atoms with Crippen molar-refractivity contribution >= 4 is 50.5 Å². The van der Waals surface area contributed by atoms with Crippen LogP contribution in [0.25, 0.3) is 0 Å². The molecule has 8 N–H and O–H groups in total. The van der Waals surface area contributed by atoms with Crippen LogP contribution in [-0.2, 0) is 0 Å². The predicted octanol–water partition coefficient (Wildman–Crippen LogP) is -8.20. The molecular weight excluding hydrogens is 245 g/mol. The molecule has 1 heterocycles. The first-order chi connectivity index (χ1) is 8.27. The van der Waals surface area contributed by atoms with Crippen molar-refractivity contribution in [2.45, 2.75) is 0 Å². The van der Waals surface area contributed by atoms with E-state index in [0.29, 0.717) is 0 Å². The average molecular weight is 254 g/mol. The van der Waals surface area contributed by atoms with Gasteiger partial charge in [-0.2, -0.15) is 0 Å². The van der Waals surface area contributed by atoms with Gasteiger partial charge in [0, 0.05) is 6.20 Å². The Bertz CT molecular complexity index is 387. The number of hydrogen-bond donors (Lipinski definition) is 8. The molecule has 0 unspecified atom stereocenters. The zero-order valence-electron chi connectivity index (χ0n) is 8.91. The Morgan fingerprint density at radius 1 is 0.667 bits per heavy atom. The summed E-state index contributed by atoms with van der Waals surface area (Å²) in [5, 5.41) is 72.3. The van der Waals surface area contributed by atoms with Crippen LogP contribution in [0.2, 0.25) is 0 Å².